The molecule has 0 amide bonds. The highest BCUT2D eigenvalue weighted by molar-refractivity contribution is 7.51. The molecule has 5 nitrogen and oxygen atoms in total. The minimum Gasteiger partial charge on any atom is -0.297 e. The lowest BCUT2D eigenvalue weighted by Gasteiger charge is -2.34. The number of Topliss-reactive ketones (excluding diaryl/α,β-unsaturated/α-hetero) is 1. The van der Waals surface area contributed by atoms with Crippen LogP contribution in [0.25, 0.3) is 12.2 Å². The fraction of sp³-hybridized carbons (Fsp3) is 0.261. The number of hydrogen-bond acceptors (Lipinski definition) is 4. The van der Waals surface area contributed by atoms with Crippen LogP contribution in [0.3, 0.4) is 0 Å². The molecule has 0 aliphatic carbocycles. The van der Waals surface area contributed by atoms with Crippen molar-refractivity contribution in [3.8, 4) is 0 Å². The average molecular weight is 411 g/mol. The summed E-state index contributed by atoms with van der Waals surface area (Å²) in [4.78, 5) is 13.2. The molecule has 2 aromatic carbocycles. The molecular weight excluding hydrogens is 385 g/mol. The third-order valence-corrected chi connectivity index (χ3v) is 6.65. The summed E-state index contributed by atoms with van der Waals surface area (Å²) in [5.74, 6) is -0.0477. The molecule has 1 saturated heterocycles. The van der Waals surface area contributed by atoms with Crippen molar-refractivity contribution in [1.82, 2.24) is 4.67 Å². The van der Waals surface area contributed by atoms with Crippen molar-refractivity contribution in [2.75, 3.05) is 26.3 Å². The number of rotatable bonds is 7. The predicted molar refractivity (Wildman–Crippen MR) is 116 cm³/mol. The highest BCUT2D eigenvalue weighted by atomic mass is 31.2. The van der Waals surface area contributed by atoms with Crippen LogP contribution in [0.15, 0.2) is 71.8 Å². The Hall–Kier alpha value is -2.30. The van der Waals surface area contributed by atoms with Gasteiger partial charge >= 0.3 is 7.75 Å². The minimum absolute atomic E-state index is 0.0477. The molecule has 0 spiro atoms. The molecule has 29 heavy (non-hydrogen) atoms. The van der Waals surface area contributed by atoms with E-state index in [0.29, 0.717) is 11.1 Å². The number of nitrogens with zero attached hydrogens (tertiary/aromatic N) is 1. The molecule has 0 saturated carbocycles. The van der Waals surface area contributed by atoms with Crippen molar-refractivity contribution in [1.29, 1.82) is 0 Å². The second kappa shape index (κ2) is 9.95. The lowest BCUT2D eigenvalue weighted by atomic mass is 9.95. The topological polar surface area (TPSA) is 55.8 Å². The number of hydrogen-bond donors (Lipinski definition) is 0. The Balaban J connectivity index is 2.03. The van der Waals surface area contributed by atoms with Crippen LogP contribution in [-0.4, -0.2) is 36.8 Å². The molecule has 152 valence electrons. The van der Waals surface area contributed by atoms with Crippen LogP contribution < -0.4 is 0 Å². The van der Waals surface area contributed by atoms with Crippen molar-refractivity contribution in [2.45, 2.75) is 13.8 Å². The van der Waals surface area contributed by atoms with Crippen molar-refractivity contribution < 1.29 is 18.4 Å². The van der Waals surface area contributed by atoms with Gasteiger partial charge in [0.15, 0.2) is 5.78 Å². The Morgan fingerprint density at radius 2 is 1.24 bits per heavy atom. The van der Waals surface area contributed by atoms with Crippen molar-refractivity contribution in [2.24, 2.45) is 0 Å². The van der Waals surface area contributed by atoms with Crippen LogP contribution in [0.4, 0.5) is 0 Å². The third kappa shape index (κ3) is 5.40. The van der Waals surface area contributed by atoms with Crippen LogP contribution in [0.5, 0.6) is 0 Å². The van der Waals surface area contributed by atoms with Gasteiger partial charge in [0.1, 0.15) is 0 Å². The molecule has 0 bridgehead atoms. The highest BCUT2D eigenvalue weighted by Crippen LogP contribution is 2.53. The van der Waals surface area contributed by atoms with E-state index in [4.69, 9.17) is 9.05 Å². The average Bonchev–Trinajstić information content (AvgIpc) is 2.73. The minimum atomic E-state index is -3.51. The molecule has 0 unspecified atom stereocenters. The first kappa shape index (κ1) is 21.4. The molecule has 3 rings (SSSR count). The van der Waals surface area contributed by atoms with Crippen molar-refractivity contribution >= 4 is 25.7 Å². The van der Waals surface area contributed by atoms with E-state index >= 15 is 0 Å². The molecule has 0 N–H and O–H groups in total. The molecule has 0 radical (unpaired) electrons. The second-order valence-electron chi connectivity index (χ2n) is 6.62. The number of ketones is 1. The number of benzene rings is 2. The summed E-state index contributed by atoms with van der Waals surface area (Å²) in [6, 6.07) is 19.3. The molecule has 1 aliphatic rings. The first-order valence-corrected chi connectivity index (χ1v) is 11.3. The monoisotopic (exact) mass is 411 g/mol. The van der Waals surface area contributed by atoms with Gasteiger partial charge in [0, 0.05) is 24.2 Å². The zero-order chi connectivity index (χ0) is 20.7. The summed E-state index contributed by atoms with van der Waals surface area (Å²) in [5, 5.41) is 0. The fourth-order valence-electron chi connectivity index (χ4n) is 3.22. The van der Waals surface area contributed by atoms with Gasteiger partial charge in [-0.1, -0.05) is 60.7 Å². The first-order chi connectivity index (χ1) is 14.1. The largest absolute Gasteiger partial charge is 0.408 e. The zero-order valence-electron chi connectivity index (χ0n) is 16.8. The van der Waals surface area contributed by atoms with Gasteiger partial charge in [-0.25, -0.2) is 4.57 Å². The Bertz CT molecular complexity index is 866. The Labute approximate surface area is 172 Å². The van der Waals surface area contributed by atoms with Gasteiger partial charge in [0.05, 0.1) is 13.2 Å². The molecule has 0 atom stereocenters. The molecule has 0 aromatic heterocycles. The smallest absolute Gasteiger partial charge is 0.297 e. The number of carbonyl (C=O) groups is 1. The van der Waals surface area contributed by atoms with Crippen LogP contribution >= 0.6 is 7.75 Å². The second-order valence-corrected chi connectivity index (χ2v) is 8.64. The summed E-state index contributed by atoms with van der Waals surface area (Å²) < 4.78 is 26.1. The van der Waals surface area contributed by atoms with E-state index in [-0.39, 0.29) is 32.1 Å². The van der Waals surface area contributed by atoms with Gasteiger partial charge < -0.3 is 0 Å². The van der Waals surface area contributed by atoms with E-state index in [0.717, 1.165) is 11.1 Å². The van der Waals surface area contributed by atoms with Gasteiger partial charge in [-0.2, -0.15) is 4.67 Å². The summed E-state index contributed by atoms with van der Waals surface area (Å²) >= 11 is 0. The summed E-state index contributed by atoms with van der Waals surface area (Å²) in [6.07, 6.45) is 3.69. The normalized spacial score (nSPS) is 18.5. The molecule has 6 heteroatoms. The Morgan fingerprint density at radius 1 is 0.828 bits per heavy atom. The third-order valence-electron chi connectivity index (χ3n) is 4.50. The maximum absolute atomic E-state index is 13.4. The van der Waals surface area contributed by atoms with E-state index in [1.54, 1.807) is 18.5 Å². The van der Waals surface area contributed by atoms with E-state index < -0.39 is 7.75 Å². The maximum atomic E-state index is 13.4. The van der Waals surface area contributed by atoms with Gasteiger partial charge in [0.25, 0.3) is 0 Å². The highest BCUT2D eigenvalue weighted by Gasteiger charge is 2.39. The molecular formula is C23H26NO4P. The lowest BCUT2D eigenvalue weighted by Crippen LogP contribution is -2.36. The van der Waals surface area contributed by atoms with Crippen LogP contribution in [0.2, 0.25) is 0 Å². The van der Waals surface area contributed by atoms with E-state index in [1.807, 2.05) is 72.8 Å². The van der Waals surface area contributed by atoms with Gasteiger partial charge in [-0.15, -0.1) is 0 Å². The van der Waals surface area contributed by atoms with Crippen molar-refractivity contribution in [3.63, 3.8) is 0 Å². The van der Waals surface area contributed by atoms with Crippen LogP contribution in [0.1, 0.15) is 25.0 Å². The maximum Gasteiger partial charge on any atom is 0.408 e. The number of carbonyl (C=O) groups excluding carboxylic acids is 1. The molecule has 1 aliphatic heterocycles. The summed E-state index contributed by atoms with van der Waals surface area (Å²) in [6.45, 7) is 4.49. The van der Waals surface area contributed by atoms with Crippen LogP contribution in [-0.2, 0) is 18.4 Å². The zero-order valence-corrected chi connectivity index (χ0v) is 17.7. The molecule has 2 aromatic rings. The Morgan fingerprint density at radius 3 is 1.62 bits per heavy atom. The summed E-state index contributed by atoms with van der Waals surface area (Å²) in [7, 11) is -3.51. The number of piperidine rings is 1. The summed E-state index contributed by atoms with van der Waals surface area (Å²) in [5.41, 5.74) is 2.95. The van der Waals surface area contributed by atoms with E-state index in [1.165, 1.54) is 0 Å². The van der Waals surface area contributed by atoms with Crippen LogP contribution in [0, 0.1) is 0 Å². The standard InChI is InChI=1S/C23H26NO4P/c1-3-27-29(26,28-4-2)24-17-21(15-19-11-7-5-8-12-19)23(25)22(18-24)16-20-13-9-6-10-14-20/h5-16H,3-4,17-18H2,1-2H3/b21-15+,22-16+. The van der Waals surface area contributed by atoms with E-state index in [9.17, 15) is 9.36 Å². The fourth-order valence-corrected chi connectivity index (χ4v) is 4.93. The van der Waals surface area contributed by atoms with E-state index in [2.05, 4.69) is 0 Å². The Kier molecular flexibility index (Phi) is 7.34. The van der Waals surface area contributed by atoms with Gasteiger partial charge in [-0.05, 0) is 37.1 Å². The van der Waals surface area contributed by atoms with Gasteiger partial charge in [-0.3, -0.25) is 13.8 Å². The quantitative estimate of drug-likeness (QED) is 0.462. The SMILES string of the molecule is CCOP(=O)(OCC)N1C/C(=C\c2ccccc2)C(=O)/C(=C/c2ccccc2)C1. The van der Waals surface area contributed by atoms with Gasteiger partial charge in [0.2, 0.25) is 0 Å². The molecule has 1 heterocycles. The van der Waals surface area contributed by atoms with Crippen molar-refractivity contribution in [3.05, 3.63) is 82.9 Å². The predicted octanol–water partition coefficient (Wildman–Crippen LogP) is 5.22. The molecule has 1 fully saturated rings. The lowest BCUT2D eigenvalue weighted by molar-refractivity contribution is -0.113. The first-order valence-electron chi connectivity index (χ1n) is 9.76.